The third kappa shape index (κ3) is 3.25. The van der Waals surface area contributed by atoms with E-state index in [1.807, 2.05) is 6.07 Å². The van der Waals surface area contributed by atoms with Crippen molar-refractivity contribution in [1.82, 2.24) is 0 Å². The maximum absolute atomic E-state index is 12.9. The average molecular weight is 366 g/mol. The minimum atomic E-state index is -3.66. The minimum Gasteiger partial charge on any atom is -0.481 e. The Hall–Kier alpha value is -2.05. The lowest BCUT2D eigenvalue weighted by atomic mass is 10.1. The summed E-state index contributed by atoms with van der Waals surface area (Å²) >= 11 is 6.00. The number of aryl methyl sites for hydroxylation is 1. The van der Waals surface area contributed by atoms with Crippen LogP contribution in [-0.2, 0) is 27.7 Å². The van der Waals surface area contributed by atoms with E-state index in [0.717, 1.165) is 11.1 Å². The number of rotatable bonds is 5. The quantitative estimate of drug-likeness (QED) is 0.883. The summed E-state index contributed by atoms with van der Waals surface area (Å²) in [5.74, 6) is -0.878. The number of anilines is 1. The zero-order valence-corrected chi connectivity index (χ0v) is 14.3. The number of halogens is 1. The summed E-state index contributed by atoms with van der Waals surface area (Å²) in [5.41, 5.74) is 2.37. The molecule has 0 atom stereocenters. The third-order valence-corrected chi connectivity index (χ3v) is 6.10. The Morgan fingerprint density at radius 1 is 1.17 bits per heavy atom. The Bertz CT molecular complexity index is 878. The largest absolute Gasteiger partial charge is 0.481 e. The normalized spacial score (nSPS) is 13.8. The molecule has 0 aliphatic carbocycles. The maximum atomic E-state index is 12.9. The van der Waals surface area contributed by atoms with Gasteiger partial charge in [0, 0.05) is 18.0 Å². The van der Waals surface area contributed by atoms with Crippen LogP contribution in [0.1, 0.15) is 17.5 Å². The molecule has 24 heavy (non-hydrogen) atoms. The molecule has 0 amide bonds. The number of carboxylic acid groups (broad SMARTS) is 1. The number of carboxylic acids is 1. The van der Waals surface area contributed by atoms with Gasteiger partial charge in [0.25, 0.3) is 10.0 Å². The van der Waals surface area contributed by atoms with E-state index in [-0.39, 0.29) is 11.3 Å². The van der Waals surface area contributed by atoms with Crippen LogP contribution >= 0.6 is 11.6 Å². The zero-order chi connectivity index (χ0) is 17.3. The monoisotopic (exact) mass is 365 g/mol. The Balaban J connectivity index is 1.87. The second-order valence-corrected chi connectivity index (χ2v) is 7.94. The number of hydrogen-bond acceptors (Lipinski definition) is 3. The number of sulfonamides is 1. The van der Waals surface area contributed by atoms with Gasteiger partial charge in [0.05, 0.1) is 10.6 Å². The van der Waals surface area contributed by atoms with Gasteiger partial charge in [0.1, 0.15) is 0 Å². The zero-order valence-electron chi connectivity index (χ0n) is 12.8. The number of nitrogens with zero attached hydrogens (tertiary/aromatic N) is 1. The van der Waals surface area contributed by atoms with Crippen LogP contribution in [0.5, 0.6) is 0 Å². The van der Waals surface area contributed by atoms with E-state index in [2.05, 4.69) is 0 Å². The van der Waals surface area contributed by atoms with Crippen molar-refractivity contribution in [3.05, 3.63) is 58.6 Å². The van der Waals surface area contributed by atoms with Crippen LogP contribution in [0.2, 0.25) is 5.02 Å². The van der Waals surface area contributed by atoms with Gasteiger partial charge in [-0.1, -0.05) is 29.8 Å². The maximum Gasteiger partial charge on any atom is 0.303 e. The summed E-state index contributed by atoms with van der Waals surface area (Å²) < 4.78 is 27.1. The highest BCUT2D eigenvalue weighted by Gasteiger charge is 2.30. The minimum absolute atomic E-state index is 0.0180. The van der Waals surface area contributed by atoms with Crippen molar-refractivity contribution in [2.75, 3.05) is 10.8 Å². The predicted octanol–water partition coefficient (Wildman–Crippen LogP) is 3.11. The van der Waals surface area contributed by atoms with Gasteiger partial charge in [-0.15, -0.1) is 0 Å². The van der Waals surface area contributed by atoms with Crippen LogP contribution in [0, 0.1) is 0 Å². The van der Waals surface area contributed by atoms with Crippen molar-refractivity contribution in [2.45, 2.75) is 24.2 Å². The number of hydrogen-bond donors (Lipinski definition) is 1. The van der Waals surface area contributed by atoms with Crippen LogP contribution in [0.3, 0.4) is 0 Å². The highest BCUT2D eigenvalue weighted by Crippen LogP contribution is 2.34. The van der Waals surface area contributed by atoms with Gasteiger partial charge < -0.3 is 5.11 Å². The van der Waals surface area contributed by atoms with Gasteiger partial charge >= 0.3 is 5.97 Å². The van der Waals surface area contributed by atoms with Gasteiger partial charge in [-0.05, 0) is 48.2 Å². The Labute approximate surface area is 145 Å². The molecule has 0 aromatic heterocycles. The first-order valence-electron chi connectivity index (χ1n) is 7.50. The molecule has 1 N–H and O–H groups in total. The van der Waals surface area contributed by atoms with E-state index < -0.39 is 16.0 Å². The lowest BCUT2D eigenvalue weighted by molar-refractivity contribution is -0.136. The molecule has 126 valence electrons. The van der Waals surface area contributed by atoms with E-state index in [9.17, 15) is 13.2 Å². The predicted molar refractivity (Wildman–Crippen MR) is 92.1 cm³/mol. The first-order valence-corrected chi connectivity index (χ1v) is 9.31. The molecule has 0 unspecified atom stereocenters. The van der Waals surface area contributed by atoms with E-state index in [1.54, 1.807) is 24.3 Å². The van der Waals surface area contributed by atoms with Crippen molar-refractivity contribution >= 4 is 33.3 Å². The fourth-order valence-electron chi connectivity index (χ4n) is 2.78. The molecule has 1 aliphatic heterocycles. The summed E-state index contributed by atoms with van der Waals surface area (Å²) in [6.07, 6.45) is 1.05. The van der Waals surface area contributed by atoms with Gasteiger partial charge in [0.15, 0.2) is 0 Å². The Morgan fingerprint density at radius 3 is 2.54 bits per heavy atom. The molecule has 1 heterocycles. The summed E-state index contributed by atoms with van der Waals surface area (Å²) in [7, 11) is -3.66. The standard InChI is InChI=1S/C17H16ClNO4S/c18-14-5-4-13-9-10-19(16(13)11-14)24(22,23)15-6-1-12(2-7-15)3-8-17(20)21/h1-2,4-7,11H,3,8-10H2,(H,20,21). The van der Waals surface area contributed by atoms with E-state index in [1.165, 1.54) is 16.4 Å². The van der Waals surface area contributed by atoms with Crippen molar-refractivity contribution in [3.63, 3.8) is 0 Å². The molecule has 7 heteroatoms. The fraction of sp³-hybridized carbons (Fsp3) is 0.235. The topological polar surface area (TPSA) is 74.7 Å². The van der Waals surface area contributed by atoms with Gasteiger partial charge in [0.2, 0.25) is 0 Å². The molecule has 0 saturated carbocycles. The Kier molecular flexibility index (Phi) is 4.51. The Morgan fingerprint density at radius 2 is 1.88 bits per heavy atom. The summed E-state index contributed by atoms with van der Waals surface area (Å²) in [4.78, 5) is 10.8. The molecule has 5 nitrogen and oxygen atoms in total. The van der Waals surface area contributed by atoms with E-state index in [0.29, 0.717) is 30.1 Å². The SMILES string of the molecule is O=C(O)CCc1ccc(S(=O)(=O)N2CCc3ccc(Cl)cc32)cc1. The van der Waals surface area contributed by atoms with E-state index >= 15 is 0 Å². The van der Waals surface area contributed by atoms with Crippen molar-refractivity contribution in [3.8, 4) is 0 Å². The van der Waals surface area contributed by atoms with Crippen molar-refractivity contribution < 1.29 is 18.3 Å². The second-order valence-electron chi connectivity index (χ2n) is 5.64. The molecule has 0 saturated heterocycles. The molecular formula is C17H16ClNO4S. The van der Waals surface area contributed by atoms with Gasteiger partial charge in [-0.2, -0.15) is 0 Å². The summed E-state index contributed by atoms with van der Waals surface area (Å²) in [5, 5.41) is 9.20. The van der Waals surface area contributed by atoms with Gasteiger partial charge in [-0.3, -0.25) is 9.10 Å². The molecule has 2 aromatic carbocycles. The number of carbonyl (C=O) groups is 1. The van der Waals surface area contributed by atoms with Crippen molar-refractivity contribution in [1.29, 1.82) is 0 Å². The number of aliphatic carboxylic acids is 1. The van der Waals surface area contributed by atoms with Crippen LogP contribution in [0.4, 0.5) is 5.69 Å². The van der Waals surface area contributed by atoms with Crippen LogP contribution < -0.4 is 4.31 Å². The van der Waals surface area contributed by atoms with E-state index in [4.69, 9.17) is 16.7 Å². The van der Waals surface area contributed by atoms with Crippen LogP contribution in [0.15, 0.2) is 47.4 Å². The first-order chi connectivity index (χ1) is 11.4. The van der Waals surface area contributed by atoms with Crippen molar-refractivity contribution in [2.24, 2.45) is 0 Å². The molecule has 3 rings (SSSR count). The highest BCUT2D eigenvalue weighted by molar-refractivity contribution is 7.92. The molecule has 0 fully saturated rings. The molecular weight excluding hydrogens is 350 g/mol. The summed E-state index contributed by atoms with van der Waals surface area (Å²) in [6.45, 7) is 0.388. The molecule has 0 bridgehead atoms. The molecule has 0 radical (unpaired) electrons. The second kappa shape index (κ2) is 6.45. The summed E-state index contributed by atoms with van der Waals surface area (Å²) in [6, 6.07) is 11.6. The number of fused-ring (bicyclic) bond motifs is 1. The van der Waals surface area contributed by atoms with Crippen LogP contribution in [-0.4, -0.2) is 26.0 Å². The molecule has 1 aliphatic rings. The smallest absolute Gasteiger partial charge is 0.303 e. The van der Waals surface area contributed by atoms with Crippen LogP contribution in [0.25, 0.3) is 0 Å². The lowest BCUT2D eigenvalue weighted by Gasteiger charge is -2.20. The van der Waals surface area contributed by atoms with Gasteiger partial charge in [-0.25, -0.2) is 8.42 Å². The average Bonchev–Trinajstić information content (AvgIpc) is 2.97. The fourth-order valence-corrected chi connectivity index (χ4v) is 4.44. The number of benzene rings is 2. The molecule has 2 aromatic rings. The first kappa shape index (κ1) is 16.8. The third-order valence-electron chi connectivity index (χ3n) is 4.04. The lowest BCUT2D eigenvalue weighted by Crippen LogP contribution is -2.29. The molecule has 0 spiro atoms. The highest BCUT2D eigenvalue weighted by atomic mass is 35.5.